The van der Waals surface area contributed by atoms with E-state index in [1.54, 1.807) is 0 Å². The summed E-state index contributed by atoms with van der Waals surface area (Å²) in [7, 11) is 0. The molecule has 1 nitrogen and oxygen atoms in total. The van der Waals surface area contributed by atoms with Crippen LogP contribution >= 0.6 is 15.9 Å². The number of hydrogen-bond donors (Lipinski definition) is 1. The first kappa shape index (κ1) is 16.3. The molecule has 1 N–H and O–H groups in total. The summed E-state index contributed by atoms with van der Waals surface area (Å²) in [6, 6.07) is 15.7. The van der Waals surface area contributed by atoms with Gasteiger partial charge < -0.3 is 5.32 Å². The Morgan fingerprint density at radius 1 is 1.05 bits per heavy atom. The maximum absolute atomic E-state index is 3.71. The highest BCUT2D eigenvalue weighted by atomic mass is 79.9. The van der Waals surface area contributed by atoms with Gasteiger partial charge in [0.05, 0.1) is 0 Å². The Kier molecular flexibility index (Phi) is 6.01. The van der Waals surface area contributed by atoms with Gasteiger partial charge in [0.15, 0.2) is 0 Å². The van der Waals surface area contributed by atoms with Crippen LogP contribution in [0.5, 0.6) is 0 Å². The van der Waals surface area contributed by atoms with Crippen molar-refractivity contribution in [3.63, 3.8) is 0 Å². The van der Waals surface area contributed by atoms with Crippen LogP contribution in [0.2, 0.25) is 0 Å². The van der Waals surface area contributed by atoms with Crippen LogP contribution < -0.4 is 5.32 Å². The molecule has 2 rings (SSSR count). The Morgan fingerprint density at radius 2 is 1.81 bits per heavy atom. The molecule has 112 valence electrons. The SMILES string of the molecule is CCCNC(Cc1cccc(C)c1)c1cc(C)ccc1Br. The number of benzene rings is 2. The molecule has 1 unspecified atom stereocenters. The smallest absolute Gasteiger partial charge is 0.0372 e. The Labute approximate surface area is 136 Å². The van der Waals surface area contributed by atoms with E-state index in [1.807, 2.05) is 0 Å². The van der Waals surface area contributed by atoms with E-state index in [0.29, 0.717) is 6.04 Å². The number of aryl methyl sites for hydroxylation is 2. The Bertz CT molecular complexity index is 592. The van der Waals surface area contributed by atoms with Gasteiger partial charge in [0.1, 0.15) is 0 Å². The fraction of sp³-hybridized carbons (Fsp3) is 0.368. The van der Waals surface area contributed by atoms with Crippen molar-refractivity contribution in [1.29, 1.82) is 0 Å². The first-order valence-electron chi connectivity index (χ1n) is 7.65. The van der Waals surface area contributed by atoms with Crippen LogP contribution in [-0.2, 0) is 6.42 Å². The molecule has 0 bridgehead atoms. The van der Waals surface area contributed by atoms with E-state index in [2.05, 4.69) is 84.5 Å². The zero-order valence-corrected chi connectivity index (χ0v) is 14.7. The predicted molar refractivity (Wildman–Crippen MR) is 94.8 cm³/mol. The second-order valence-electron chi connectivity index (χ2n) is 5.72. The molecule has 2 aromatic rings. The van der Waals surface area contributed by atoms with Crippen LogP contribution in [0.25, 0.3) is 0 Å². The summed E-state index contributed by atoms with van der Waals surface area (Å²) in [4.78, 5) is 0. The van der Waals surface area contributed by atoms with Crippen molar-refractivity contribution in [3.05, 3.63) is 69.2 Å². The van der Waals surface area contributed by atoms with Crippen molar-refractivity contribution in [3.8, 4) is 0 Å². The van der Waals surface area contributed by atoms with Gasteiger partial charge in [-0.2, -0.15) is 0 Å². The topological polar surface area (TPSA) is 12.0 Å². The van der Waals surface area contributed by atoms with Crippen molar-refractivity contribution >= 4 is 15.9 Å². The minimum Gasteiger partial charge on any atom is -0.310 e. The first-order chi connectivity index (χ1) is 10.1. The fourth-order valence-corrected chi connectivity index (χ4v) is 3.14. The lowest BCUT2D eigenvalue weighted by molar-refractivity contribution is 0.527. The molecule has 0 amide bonds. The number of rotatable bonds is 6. The summed E-state index contributed by atoms with van der Waals surface area (Å²) in [5.74, 6) is 0. The van der Waals surface area contributed by atoms with Crippen LogP contribution in [-0.4, -0.2) is 6.54 Å². The third-order valence-electron chi connectivity index (χ3n) is 3.69. The van der Waals surface area contributed by atoms with E-state index < -0.39 is 0 Å². The minimum absolute atomic E-state index is 0.348. The van der Waals surface area contributed by atoms with Gasteiger partial charge >= 0.3 is 0 Å². The highest BCUT2D eigenvalue weighted by molar-refractivity contribution is 9.10. The van der Waals surface area contributed by atoms with Crippen molar-refractivity contribution in [2.24, 2.45) is 0 Å². The summed E-state index contributed by atoms with van der Waals surface area (Å²) < 4.78 is 1.19. The zero-order valence-electron chi connectivity index (χ0n) is 13.1. The summed E-state index contributed by atoms with van der Waals surface area (Å²) in [5.41, 5.74) is 5.37. The second kappa shape index (κ2) is 7.77. The number of nitrogens with one attached hydrogen (secondary N) is 1. The van der Waals surface area contributed by atoms with Crippen LogP contribution in [0.4, 0.5) is 0 Å². The monoisotopic (exact) mass is 345 g/mol. The molecule has 0 aliphatic carbocycles. The van der Waals surface area contributed by atoms with Crippen LogP contribution in [0.15, 0.2) is 46.9 Å². The number of hydrogen-bond acceptors (Lipinski definition) is 1. The van der Waals surface area contributed by atoms with Gasteiger partial charge in [0.25, 0.3) is 0 Å². The van der Waals surface area contributed by atoms with Gasteiger partial charge in [-0.1, -0.05) is 70.4 Å². The van der Waals surface area contributed by atoms with Gasteiger partial charge in [-0.3, -0.25) is 0 Å². The molecule has 0 aliphatic rings. The minimum atomic E-state index is 0.348. The van der Waals surface area contributed by atoms with Gasteiger partial charge in [-0.15, -0.1) is 0 Å². The molecule has 21 heavy (non-hydrogen) atoms. The van der Waals surface area contributed by atoms with Crippen LogP contribution in [0, 0.1) is 13.8 Å². The third-order valence-corrected chi connectivity index (χ3v) is 4.41. The van der Waals surface area contributed by atoms with E-state index in [4.69, 9.17) is 0 Å². The second-order valence-corrected chi connectivity index (χ2v) is 6.58. The summed E-state index contributed by atoms with van der Waals surface area (Å²) in [6.45, 7) is 7.55. The van der Waals surface area contributed by atoms with E-state index in [1.165, 1.54) is 26.7 Å². The Hall–Kier alpha value is -1.12. The van der Waals surface area contributed by atoms with Crippen molar-refractivity contribution in [1.82, 2.24) is 5.32 Å². The predicted octanol–water partition coefficient (Wildman–Crippen LogP) is 5.35. The quantitative estimate of drug-likeness (QED) is 0.743. The molecule has 0 aliphatic heterocycles. The lowest BCUT2D eigenvalue weighted by atomic mass is 9.96. The first-order valence-corrected chi connectivity index (χ1v) is 8.44. The largest absolute Gasteiger partial charge is 0.310 e. The fourth-order valence-electron chi connectivity index (χ4n) is 2.62. The van der Waals surface area contributed by atoms with Crippen LogP contribution in [0.1, 0.15) is 41.6 Å². The molecule has 0 radical (unpaired) electrons. The lowest BCUT2D eigenvalue weighted by Gasteiger charge is -2.21. The third kappa shape index (κ3) is 4.69. The average molecular weight is 346 g/mol. The van der Waals surface area contributed by atoms with E-state index in [0.717, 1.165) is 19.4 Å². The Balaban J connectivity index is 2.27. The van der Waals surface area contributed by atoms with Crippen molar-refractivity contribution in [2.45, 2.75) is 39.7 Å². The van der Waals surface area contributed by atoms with E-state index in [-0.39, 0.29) is 0 Å². The highest BCUT2D eigenvalue weighted by Gasteiger charge is 2.15. The van der Waals surface area contributed by atoms with Gasteiger partial charge in [0, 0.05) is 10.5 Å². The molecule has 1 atom stereocenters. The van der Waals surface area contributed by atoms with Crippen molar-refractivity contribution in [2.75, 3.05) is 6.54 Å². The van der Waals surface area contributed by atoms with Crippen molar-refractivity contribution < 1.29 is 0 Å². The normalized spacial score (nSPS) is 12.4. The zero-order chi connectivity index (χ0) is 15.2. The summed E-state index contributed by atoms with van der Waals surface area (Å²) in [6.07, 6.45) is 2.16. The molecule has 2 heteroatoms. The number of halogens is 1. The molecule has 0 aromatic heterocycles. The molecule has 2 aromatic carbocycles. The van der Waals surface area contributed by atoms with Gasteiger partial charge in [-0.25, -0.2) is 0 Å². The van der Waals surface area contributed by atoms with Gasteiger partial charge in [0.2, 0.25) is 0 Å². The maximum atomic E-state index is 3.71. The maximum Gasteiger partial charge on any atom is 0.0372 e. The van der Waals surface area contributed by atoms with E-state index in [9.17, 15) is 0 Å². The average Bonchev–Trinajstić information content (AvgIpc) is 2.46. The van der Waals surface area contributed by atoms with Crippen LogP contribution in [0.3, 0.4) is 0 Å². The molecular weight excluding hydrogens is 322 g/mol. The lowest BCUT2D eigenvalue weighted by Crippen LogP contribution is -2.24. The molecule has 0 saturated carbocycles. The van der Waals surface area contributed by atoms with Gasteiger partial charge in [-0.05, 0) is 50.4 Å². The molecule has 0 saturated heterocycles. The van der Waals surface area contributed by atoms with E-state index >= 15 is 0 Å². The highest BCUT2D eigenvalue weighted by Crippen LogP contribution is 2.27. The summed E-state index contributed by atoms with van der Waals surface area (Å²) in [5, 5.41) is 3.69. The molecule has 0 fully saturated rings. The molecule has 0 spiro atoms. The molecule has 0 heterocycles. The summed E-state index contributed by atoms with van der Waals surface area (Å²) >= 11 is 3.71. The standard InChI is InChI=1S/C19H24BrN/c1-4-10-21-19(13-16-7-5-6-14(2)11-16)17-12-15(3)8-9-18(17)20/h5-9,11-12,19,21H,4,10,13H2,1-3H3. The molecular formula is C19H24BrN. The Morgan fingerprint density at radius 3 is 2.52 bits per heavy atom.